The predicted octanol–water partition coefficient (Wildman–Crippen LogP) is 5.36. The highest BCUT2D eigenvalue weighted by Gasteiger charge is 2.51. The topological polar surface area (TPSA) is 43.4 Å². The second-order valence-electron chi connectivity index (χ2n) is 7.98. The summed E-state index contributed by atoms with van der Waals surface area (Å²) in [5.74, 6) is -5.95. The molecule has 4 rings (SSSR count). The van der Waals surface area contributed by atoms with Gasteiger partial charge in [-0.3, -0.25) is 0 Å². The quantitative estimate of drug-likeness (QED) is 0.593. The van der Waals surface area contributed by atoms with E-state index in [0.29, 0.717) is 30.1 Å². The van der Waals surface area contributed by atoms with Gasteiger partial charge >= 0.3 is 0 Å². The number of hydrogen-bond acceptors (Lipinski definition) is 3. The monoisotopic (exact) mass is 428 g/mol. The number of rotatable bonds is 5. The van der Waals surface area contributed by atoms with Gasteiger partial charge in [-0.05, 0) is 60.4 Å². The highest BCUT2D eigenvalue weighted by Crippen LogP contribution is 2.63. The van der Waals surface area contributed by atoms with Gasteiger partial charge in [-0.15, -0.1) is 0 Å². The molecule has 1 spiro atoms. The van der Waals surface area contributed by atoms with E-state index in [1.807, 2.05) is 0 Å². The Morgan fingerprint density at radius 2 is 1.79 bits per heavy atom. The van der Waals surface area contributed by atoms with Gasteiger partial charge in [0.15, 0.2) is 11.8 Å². The van der Waals surface area contributed by atoms with E-state index < -0.39 is 39.3 Å². The van der Waals surface area contributed by atoms with Gasteiger partial charge in [0, 0.05) is 13.2 Å². The zero-order chi connectivity index (χ0) is 21.0. The summed E-state index contributed by atoms with van der Waals surface area (Å²) >= 11 is 0. The molecule has 0 aliphatic heterocycles. The molecule has 1 aromatic carbocycles. The maximum atomic E-state index is 14.8. The molecular weight excluding hydrogens is 408 g/mol. The van der Waals surface area contributed by atoms with Crippen molar-refractivity contribution in [3.63, 3.8) is 0 Å². The fourth-order valence-corrected chi connectivity index (χ4v) is 4.88. The van der Waals surface area contributed by atoms with Gasteiger partial charge < -0.3 is 4.74 Å². The summed E-state index contributed by atoms with van der Waals surface area (Å²) in [6, 6.07) is 4.24. The van der Waals surface area contributed by atoms with Gasteiger partial charge in [0.25, 0.3) is 5.85 Å². The van der Waals surface area contributed by atoms with Crippen LogP contribution in [0.4, 0.5) is 17.6 Å². The van der Waals surface area contributed by atoms with Crippen LogP contribution < -0.4 is 0 Å². The first kappa shape index (κ1) is 20.3. The minimum atomic E-state index is -3.98. The molecule has 0 radical (unpaired) electrons. The molecule has 3 aliphatic rings. The summed E-state index contributed by atoms with van der Waals surface area (Å²) in [7, 11) is -3.02. The summed E-state index contributed by atoms with van der Waals surface area (Å²) in [5.41, 5.74) is 2.13. The molecule has 0 saturated heterocycles. The van der Waals surface area contributed by atoms with Gasteiger partial charge in [-0.2, -0.15) is 4.39 Å². The third-order valence-corrected chi connectivity index (χ3v) is 7.38. The molecular formula is C21H20F4O3S. The molecule has 2 unspecified atom stereocenters. The number of sulfone groups is 1. The Labute approximate surface area is 166 Å². The Balaban J connectivity index is 1.75. The summed E-state index contributed by atoms with van der Waals surface area (Å²) in [4.78, 5) is -0.137. The summed E-state index contributed by atoms with van der Waals surface area (Å²) in [6.45, 7) is 0. The van der Waals surface area contributed by atoms with Crippen molar-refractivity contribution in [2.24, 2.45) is 11.3 Å². The predicted molar refractivity (Wildman–Crippen MR) is 100 cm³/mol. The van der Waals surface area contributed by atoms with Gasteiger partial charge in [-0.1, -0.05) is 17.7 Å². The SMILES string of the molecule is COC1(F)C=C(F)C(C2=C(c3ccc(S(=O)(=O)CF)cc3)CC3(CC3)C2)C=C1F. The van der Waals surface area contributed by atoms with E-state index in [4.69, 9.17) is 0 Å². The van der Waals surface area contributed by atoms with Crippen LogP contribution in [0.25, 0.3) is 5.57 Å². The molecule has 0 heterocycles. The first-order chi connectivity index (χ1) is 13.6. The number of alkyl halides is 2. The van der Waals surface area contributed by atoms with E-state index in [9.17, 15) is 26.0 Å². The van der Waals surface area contributed by atoms with Crippen molar-refractivity contribution in [3.8, 4) is 0 Å². The number of ether oxygens (including phenoxy) is 1. The molecule has 0 N–H and O–H groups in total. The number of benzene rings is 1. The molecule has 0 amide bonds. The van der Waals surface area contributed by atoms with E-state index in [0.717, 1.165) is 31.6 Å². The van der Waals surface area contributed by atoms with E-state index in [1.165, 1.54) is 12.1 Å². The second kappa shape index (κ2) is 6.80. The van der Waals surface area contributed by atoms with Crippen LogP contribution in [-0.2, 0) is 14.6 Å². The van der Waals surface area contributed by atoms with Crippen molar-refractivity contribution in [1.82, 2.24) is 0 Å². The van der Waals surface area contributed by atoms with Crippen LogP contribution in [0.5, 0.6) is 0 Å². The molecule has 2 atom stereocenters. The molecule has 3 nitrogen and oxygen atoms in total. The standard InChI is InChI=1S/C21H20F4O3S/c1-28-21(25)11-18(23)15(8-19(21)24)17-10-20(6-7-20)9-16(17)13-2-4-14(5-3-13)29(26,27)12-22/h2-5,8,11,15H,6-7,9-10,12H2,1H3. The van der Waals surface area contributed by atoms with E-state index >= 15 is 0 Å². The Morgan fingerprint density at radius 3 is 2.34 bits per heavy atom. The zero-order valence-corrected chi connectivity index (χ0v) is 16.5. The summed E-state index contributed by atoms with van der Waals surface area (Å²) < 4.78 is 83.9. The highest BCUT2D eigenvalue weighted by atomic mass is 32.2. The molecule has 1 aromatic rings. The number of allylic oxidation sites excluding steroid dienone is 4. The molecule has 3 aliphatic carbocycles. The minimum Gasteiger partial charge on any atom is -0.341 e. The average Bonchev–Trinajstić information content (AvgIpc) is 3.35. The fraction of sp³-hybridized carbons (Fsp3) is 0.429. The van der Waals surface area contributed by atoms with Crippen molar-refractivity contribution in [2.45, 2.75) is 36.4 Å². The smallest absolute Gasteiger partial charge is 0.283 e. The average molecular weight is 428 g/mol. The molecule has 1 fully saturated rings. The van der Waals surface area contributed by atoms with Crippen LogP contribution in [0, 0.1) is 11.3 Å². The van der Waals surface area contributed by atoms with Crippen LogP contribution >= 0.6 is 0 Å². The molecule has 156 valence electrons. The summed E-state index contributed by atoms with van der Waals surface area (Å²) in [6.07, 6.45) is 4.58. The van der Waals surface area contributed by atoms with Crippen molar-refractivity contribution < 1.29 is 30.7 Å². The minimum absolute atomic E-state index is 0.00442. The number of hydrogen-bond donors (Lipinski definition) is 0. The first-order valence-corrected chi connectivity index (χ1v) is 10.9. The molecule has 29 heavy (non-hydrogen) atoms. The lowest BCUT2D eigenvalue weighted by molar-refractivity contribution is -0.0668. The third-order valence-electron chi connectivity index (χ3n) is 6.10. The van der Waals surface area contributed by atoms with Gasteiger partial charge in [0.1, 0.15) is 5.83 Å². The maximum Gasteiger partial charge on any atom is 0.283 e. The second-order valence-corrected chi connectivity index (χ2v) is 9.90. The van der Waals surface area contributed by atoms with Crippen LogP contribution in [0.3, 0.4) is 0 Å². The third kappa shape index (κ3) is 3.46. The Kier molecular flexibility index (Phi) is 4.77. The van der Waals surface area contributed by atoms with Crippen molar-refractivity contribution >= 4 is 15.4 Å². The van der Waals surface area contributed by atoms with E-state index in [1.54, 1.807) is 12.1 Å². The Bertz CT molecular complexity index is 1040. The molecule has 0 aromatic heterocycles. The summed E-state index contributed by atoms with van der Waals surface area (Å²) in [5, 5.41) is 0. The Morgan fingerprint density at radius 1 is 1.14 bits per heavy atom. The largest absolute Gasteiger partial charge is 0.341 e. The van der Waals surface area contributed by atoms with Gasteiger partial charge in [0.05, 0.1) is 10.8 Å². The van der Waals surface area contributed by atoms with Crippen LogP contribution in [0.2, 0.25) is 0 Å². The number of halogens is 4. The van der Waals surface area contributed by atoms with Crippen molar-refractivity contribution in [1.29, 1.82) is 0 Å². The van der Waals surface area contributed by atoms with Gasteiger partial charge in [0.2, 0.25) is 9.84 Å². The Hall–Kier alpha value is -1.93. The van der Waals surface area contributed by atoms with Crippen molar-refractivity contribution in [3.05, 3.63) is 59.2 Å². The highest BCUT2D eigenvalue weighted by molar-refractivity contribution is 7.91. The maximum absolute atomic E-state index is 14.8. The van der Waals surface area contributed by atoms with Crippen LogP contribution in [0.15, 0.2) is 58.5 Å². The molecule has 8 heteroatoms. The normalized spacial score (nSPS) is 28.5. The first-order valence-electron chi connectivity index (χ1n) is 9.24. The lowest BCUT2D eigenvalue weighted by Gasteiger charge is -2.26. The van der Waals surface area contributed by atoms with E-state index in [-0.39, 0.29) is 10.3 Å². The lowest BCUT2D eigenvalue weighted by atomic mass is 9.87. The lowest BCUT2D eigenvalue weighted by Crippen LogP contribution is -2.28. The van der Waals surface area contributed by atoms with Crippen molar-refractivity contribution in [2.75, 3.05) is 13.1 Å². The molecule has 1 saturated carbocycles. The number of methoxy groups -OCH3 is 1. The van der Waals surface area contributed by atoms with Gasteiger partial charge in [-0.25, -0.2) is 21.6 Å². The van der Waals surface area contributed by atoms with Crippen LogP contribution in [0.1, 0.15) is 31.2 Å². The van der Waals surface area contributed by atoms with Crippen LogP contribution in [-0.4, -0.2) is 27.4 Å². The molecule has 0 bridgehead atoms. The van der Waals surface area contributed by atoms with E-state index in [2.05, 4.69) is 4.74 Å². The zero-order valence-electron chi connectivity index (χ0n) is 15.7. The fourth-order valence-electron chi connectivity index (χ4n) is 4.20.